The Morgan fingerprint density at radius 1 is 0.781 bits per heavy atom. The molecule has 32 heavy (non-hydrogen) atoms. The molecule has 0 bridgehead atoms. The summed E-state index contributed by atoms with van der Waals surface area (Å²) in [5.41, 5.74) is 6.67. The van der Waals surface area contributed by atoms with Gasteiger partial charge in [-0.05, 0) is 42.8 Å². The van der Waals surface area contributed by atoms with Crippen molar-refractivity contribution in [3.63, 3.8) is 0 Å². The molecule has 0 spiro atoms. The predicted octanol–water partition coefficient (Wildman–Crippen LogP) is 6.54. The second kappa shape index (κ2) is 8.52. The quantitative estimate of drug-likeness (QED) is 0.305. The van der Waals surface area contributed by atoms with E-state index in [2.05, 4.69) is 47.0 Å². The fourth-order valence-corrected chi connectivity index (χ4v) is 3.95. The molecule has 0 N–H and O–H groups in total. The number of ether oxygens (including phenoxy) is 1. The van der Waals surface area contributed by atoms with Crippen molar-refractivity contribution < 1.29 is 9.53 Å². The van der Waals surface area contributed by atoms with Crippen molar-refractivity contribution in [3.8, 4) is 28.2 Å². The Kier molecular flexibility index (Phi) is 5.26. The molecule has 0 aliphatic heterocycles. The number of fused-ring (bicyclic) bond motifs is 1. The van der Waals surface area contributed by atoms with E-state index in [-0.39, 0.29) is 5.97 Å². The van der Waals surface area contributed by atoms with Crippen LogP contribution in [0.15, 0.2) is 103 Å². The standard InChI is InChI=1S/C28H22N2O2/c1-2-32-28(31)22-18-16-21(17-19-22)27-29-26-24(20-10-5-3-6-11-20)14-9-15-25(26)30(27)23-12-7-4-8-13-23/h3-19H,2H2,1H3. The normalized spacial score (nSPS) is 10.9. The first-order chi connectivity index (χ1) is 15.8. The predicted molar refractivity (Wildman–Crippen MR) is 128 cm³/mol. The fourth-order valence-electron chi connectivity index (χ4n) is 3.95. The maximum absolute atomic E-state index is 12.1. The third-order valence-corrected chi connectivity index (χ3v) is 5.44. The molecule has 0 unspecified atom stereocenters. The summed E-state index contributed by atoms with van der Waals surface area (Å²) in [5.74, 6) is 0.506. The highest BCUT2D eigenvalue weighted by atomic mass is 16.5. The average molecular weight is 418 g/mol. The summed E-state index contributed by atoms with van der Waals surface area (Å²) in [5, 5.41) is 0. The molecule has 5 rings (SSSR count). The maximum atomic E-state index is 12.1. The number of hydrogen-bond acceptors (Lipinski definition) is 3. The summed E-state index contributed by atoms with van der Waals surface area (Å²) in [6, 6.07) is 34.2. The summed E-state index contributed by atoms with van der Waals surface area (Å²) < 4.78 is 7.29. The second-order valence-electron chi connectivity index (χ2n) is 7.44. The minimum absolute atomic E-state index is 0.318. The number of hydrogen-bond donors (Lipinski definition) is 0. The van der Waals surface area contributed by atoms with Crippen LogP contribution in [0.5, 0.6) is 0 Å². The van der Waals surface area contributed by atoms with Gasteiger partial charge in [-0.1, -0.05) is 72.8 Å². The van der Waals surface area contributed by atoms with E-state index in [9.17, 15) is 4.79 Å². The number of esters is 1. The van der Waals surface area contributed by atoms with Crippen LogP contribution in [-0.4, -0.2) is 22.1 Å². The third kappa shape index (κ3) is 3.56. The average Bonchev–Trinajstić information content (AvgIpc) is 3.25. The van der Waals surface area contributed by atoms with Crippen LogP contribution in [-0.2, 0) is 4.74 Å². The Morgan fingerprint density at radius 3 is 2.16 bits per heavy atom. The number of aromatic nitrogens is 2. The highest BCUT2D eigenvalue weighted by Gasteiger charge is 2.17. The van der Waals surface area contributed by atoms with Crippen LogP contribution in [0.2, 0.25) is 0 Å². The minimum Gasteiger partial charge on any atom is -0.462 e. The molecule has 0 atom stereocenters. The molecule has 1 heterocycles. The zero-order valence-electron chi connectivity index (χ0n) is 17.7. The molecule has 0 radical (unpaired) electrons. The van der Waals surface area contributed by atoms with Crippen LogP contribution in [0, 0.1) is 0 Å². The Hall–Kier alpha value is -4.18. The molecule has 0 aliphatic rings. The molecular formula is C28H22N2O2. The number of para-hydroxylation sites is 2. The number of benzene rings is 4. The van der Waals surface area contributed by atoms with Gasteiger partial charge in [-0.2, -0.15) is 0 Å². The van der Waals surface area contributed by atoms with Gasteiger partial charge in [0.05, 0.1) is 23.2 Å². The summed E-state index contributed by atoms with van der Waals surface area (Å²) in [7, 11) is 0. The maximum Gasteiger partial charge on any atom is 0.338 e. The molecule has 4 nitrogen and oxygen atoms in total. The summed E-state index contributed by atoms with van der Waals surface area (Å²) in [4.78, 5) is 17.2. The molecule has 0 amide bonds. The molecular weight excluding hydrogens is 396 g/mol. The van der Waals surface area contributed by atoms with E-state index < -0.39 is 0 Å². The monoisotopic (exact) mass is 418 g/mol. The van der Waals surface area contributed by atoms with E-state index in [1.807, 2.05) is 48.5 Å². The zero-order valence-corrected chi connectivity index (χ0v) is 17.7. The highest BCUT2D eigenvalue weighted by molar-refractivity contribution is 5.96. The van der Waals surface area contributed by atoms with E-state index >= 15 is 0 Å². The van der Waals surface area contributed by atoms with Crippen molar-refractivity contribution in [2.24, 2.45) is 0 Å². The van der Waals surface area contributed by atoms with Crippen LogP contribution in [0.1, 0.15) is 17.3 Å². The number of carbonyl (C=O) groups excluding carboxylic acids is 1. The highest BCUT2D eigenvalue weighted by Crippen LogP contribution is 2.34. The molecule has 0 saturated heterocycles. The topological polar surface area (TPSA) is 44.1 Å². The minimum atomic E-state index is -0.318. The van der Waals surface area contributed by atoms with Crippen LogP contribution in [0.25, 0.3) is 39.2 Å². The lowest BCUT2D eigenvalue weighted by atomic mass is 10.0. The van der Waals surface area contributed by atoms with Gasteiger partial charge in [-0.25, -0.2) is 9.78 Å². The number of imidazole rings is 1. The van der Waals surface area contributed by atoms with Gasteiger partial charge in [-0.15, -0.1) is 0 Å². The molecule has 4 heteroatoms. The van der Waals surface area contributed by atoms with Crippen molar-refractivity contribution in [1.82, 2.24) is 9.55 Å². The van der Waals surface area contributed by atoms with E-state index in [1.165, 1.54) is 0 Å². The lowest BCUT2D eigenvalue weighted by Gasteiger charge is -2.10. The largest absolute Gasteiger partial charge is 0.462 e. The molecule has 0 aliphatic carbocycles. The van der Waals surface area contributed by atoms with Gasteiger partial charge in [0.1, 0.15) is 5.82 Å². The van der Waals surface area contributed by atoms with Crippen molar-refractivity contribution in [2.45, 2.75) is 6.92 Å². The van der Waals surface area contributed by atoms with E-state index in [0.717, 1.165) is 39.2 Å². The van der Waals surface area contributed by atoms with Crippen LogP contribution < -0.4 is 0 Å². The van der Waals surface area contributed by atoms with Gasteiger partial charge in [0.2, 0.25) is 0 Å². The zero-order chi connectivity index (χ0) is 21.9. The van der Waals surface area contributed by atoms with Crippen LogP contribution in [0.3, 0.4) is 0 Å². The lowest BCUT2D eigenvalue weighted by molar-refractivity contribution is 0.0526. The Labute approximate surface area is 186 Å². The van der Waals surface area contributed by atoms with Gasteiger partial charge >= 0.3 is 5.97 Å². The van der Waals surface area contributed by atoms with Gasteiger partial charge in [0.15, 0.2) is 0 Å². The van der Waals surface area contributed by atoms with Gasteiger partial charge < -0.3 is 4.74 Å². The first-order valence-corrected chi connectivity index (χ1v) is 10.7. The van der Waals surface area contributed by atoms with Gasteiger partial charge in [-0.3, -0.25) is 4.57 Å². The first kappa shape index (κ1) is 19.8. The molecule has 1 aromatic heterocycles. The first-order valence-electron chi connectivity index (χ1n) is 10.7. The smallest absolute Gasteiger partial charge is 0.338 e. The van der Waals surface area contributed by atoms with E-state index in [4.69, 9.17) is 9.72 Å². The van der Waals surface area contributed by atoms with E-state index in [0.29, 0.717) is 12.2 Å². The number of nitrogens with zero attached hydrogens (tertiary/aromatic N) is 2. The van der Waals surface area contributed by atoms with Crippen molar-refractivity contribution >= 4 is 17.0 Å². The summed E-state index contributed by atoms with van der Waals surface area (Å²) in [6.07, 6.45) is 0. The SMILES string of the molecule is CCOC(=O)c1ccc(-c2nc3c(-c4ccccc4)cccc3n2-c2ccccc2)cc1. The van der Waals surface area contributed by atoms with E-state index in [1.54, 1.807) is 19.1 Å². The fraction of sp³-hybridized carbons (Fsp3) is 0.0714. The van der Waals surface area contributed by atoms with Gasteiger partial charge in [0, 0.05) is 16.8 Å². The molecule has 0 saturated carbocycles. The van der Waals surface area contributed by atoms with Crippen molar-refractivity contribution in [1.29, 1.82) is 0 Å². The Bertz CT molecular complexity index is 1370. The molecule has 4 aromatic carbocycles. The Balaban J connectivity index is 1.72. The summed E-state index contributed by atoms with van der Waals surface area (Å²) in [6.45, 7) is 2.16. The Morgan fingerprint density at radius 2 is 1.47 bits per heavy atom. The summed E-state index contributed by atoms with van der Waals surface area (Å²) >= 11 is 0. The van der Waals surface area contributed by atoms with Crippen LogP contribution in [0.4, 0.5) is 0 Å². The lowest BCUT2D eigenvalue weighted by Crippen LogP contribution is -2.04. The second-order valence-corrected chi connectivity index (χ2v) is 7.44. The molecule has 5 aromatic rings. The van der Waals surface area contributed by atoms with Gasteiger partial charge in [0.25, 0.3) is 0 Å². The van der Waals surface area contributed by atoms with Crippen LogP contribution >= 0.6 is 0 Å². The number of carbonyl (C=O) groups is 1. The van der Waals surface area contributed by atoms with Crippen molar-refractivity contribution in [2.75, 3.05) is 6.61 Å². The third-order valence-electron chi connectivity index (χ3n) is 5.44. The number of rotatable bonds is 5. The molecule has 0 fully saturated rings. The van der Waals surface area contributed by atoms with Crippen molar-refractivity contribution in [3.05, 3.63) is 109 Å². The molecule has 156 valence electrons.